The summed E-state index contributed by atoms with van der Waals surface area (Å²) < 4.78 is 0. The van der Waals surface area contributed by atoms with Crippen molar-refractivity contribution in [1.82, 2.24) is 15.3 Å². The lowest BCUT2D eigenvalue weighted by molar-refractivity contribution is -0.116. The normalized spacial score (nSPS) is 9.92. The minimum atomic E-state index is -0.612. The third-order valence-corrected chi connectivity index (χ3v) is 3.01. The van der Waals surface area contributed by atoms with Crippen LogP contribution in [-0.4, -0.2) is 34.4 Å². The molecule has 10 heteroatoms. The molecular formula is C15H18N8O2. The zero-order valence-corrected chi connectivity index (χ0v) is 13.3. The second kappa shape index (κ2) is 8.24. The summed E-state index contributed by atoms with van der Waals surface area (Å²) in [6, 6.07) is 6.85. The molecule has 130 valence electrons. The van der Waals surface area contributed by atoms with Crippen LogP contribution in [0, 0.1) is 0 Å². The summed E-state index contributed by atoms with van der Waals surface area (Å²) in [5.41, 5.74) is 17.8. The number of nitrogens with zero attached hydrogens (tertiary/aromatic N) is 3. The van der Waals surface area contributed by atoms with Crippen LogP contribution in [0.15, 0.2) is 41.7 Å². The number of carbonyl (C=O) groups is 2. The number of carbonyl (C=O) groups excluding carboxylic acids is 2. The maximum Gasteiger partial charge on any atom is 0.344 e. The second-order valence-electron chi connectivity index (χ2n) is 5.01. The molecule has 0 atom stereocenters. The number of anilines is 1. The van der Waals surface area contributed by atoms with Gasteiger partial charge in [0.05, 0.1) is 6.54 Å². The minimum absolute atomic E-state index is 0.0374. The van der Waals surface area contributed by atoms with E-state index in [4.69, 9.17) is 17.2 Å². The Morgan fingerprint density at radius 1 is 1.08 bits per heavy atom. The minimum Gasteiger partial charge on any atom is -0.370 e. The molecule has 0 aliphatic rings. The van der Waals surface area contributed by atoms with E-state index in [1.54, 1.807) is 12.4 Å². The van der Waals surface area contributed by atoms with Crippen LogP contribution < -0.4 is 27.8 Å². The summed E-state index contributed by atoms with van der Waals surface area (Å²) in [4.78, 5) is 33.7. The number of primary amides is 1. The van der Waals surface area contributed by atoms with Gasteiger partial charge in [0.15, 0.2) is 5.96 Å². The number of amides is 3. The summed E-state index contributed by atoms with van der Waals surface area (Å²) in [5.74, 6) is -0.486. The molecule has 0 bridgehead atoms. The van der Waals surface area contributed by atoms with Crippen molar-refractivity contribution in [3.8, 4) is 11.1 Å². The molecule has 25 heavy (non-hydrogen) atoms. The Hall–Kier alpha value is -3.69. The van der Waals surface area contributed by atoms with Gasteiger partial charge < -0.3 is 27.8 Å². The third kappa shape index (κ3) is 5.78. The second-order valence-corrected chi connectivity index (χ2v) is 5.01. The van der Waals surface area contributed by atoms with Crippen molar-refractivity contribution in [1.29, 1.82) is 0 Å². The highest BCUT2D eigenvalue weighted by atomic mass is 16.2. The summed E-state index contributed by atoms with van der Waals surface area (Å²) in [7, 11) is 0. The lowest BCUT2D eigenvalue weighted by Gasteiger charge is -2.07. The molecule has 1 heterocycles. The van der Waals surface area contributed by atoms with E-state index in [9.17, 15) is 9.59 Å². The van der Waals surface area contributed by atoms with Crippen LogP contribution in [0.1, 0.15) is 5.56 Å². The van der Waals surface area contributed by atoms with Gasteiger partial charge in [-0.15, -0.1) is 0 Å². The first-order valence-corrected chi connectivity index (χ1v) is 7.25. The van der Waals surface area contributed by atoms with Crippen molar-refractivity contribution in [3.05, 3.63) is 42.2 Å². The molecule has 0 radical (unpaired) electrons. The van der Waals surface area contributed by atoms with E-state index in [0.29, 0.717) is 5.95 Å². The molecule has 2 rings (SSSR count). The Morgan fingerprint density at radius 3 is 2.44 bits per heavy atom. The summed E-state index contributed by atoms with van der Waals surface area (Å²) in [6.07, 6.45) is 3.24. The SMILES string of the molecule is NC(=O)CNc1ncc(-c2cccc(CNC(=O)N=C(N)N)c2)cn1. The molecule has 3 amide bonds. The first-order chi connectivity index (χ1) is 11.9. The molecule has 0 unspecified atom stereocenters. The lowest BCUT2D eigenvalue weighted by atomic mass is 10.1. The van der Waals surface area contributed by atoms with Crippen LogP contribution in [0.2, 0.25) is 0 Å². The monoisotopic (exact) mass is 342 g/mol. The average Bonchev–Trinajstić information content (AvgIpc) is 2.58. The van der Waals surface area contributed by atoms with Crippen molar-refractivity contribution < 1.29 is 9.59 Å². The van der Waals surface area contributed by atoms with Gasteiger partial charge in [-0.25, -0.2) is 14.8 Å². The molecule has 0 spiro atoms. The van der Waals surface area contributed by atoms with Crippen LogP contribution in [0.25, 0.3) is 11.1 Å². The van der Waals surface area contributed by atoms with Crippen LogP contribution in [0.4, 0.5) is 10.7 Å². The topological polar surface area (TPSA) is 174 Å². The van der Waals surface area contributed by atoms with Crippen molar-refractivity contribution in [3.63, 3.8) is 0 Å². The predicted molar refractivity (Wildman–Crippen MR) is 93.2 cm³/mol. The summed E-state index contributed by atoms with van der Waals surface area (Å²) in [6.45, 7) is 0.229. The zero-order valence-electron chi connectivity index (χ0n) is 13.3. The lowest BCUT2D eigenvalue weighted by Crippen LogP contribution is -2.28. The zero-order chi connectivity index (χ0) is 18.2. The van der Waals surface area contributed by atoms with E-state index >= 15 is 0 Å². The quantitative estimate of drug-likeness (QED) is 0.348. The number of urea groups is 1. The van der Waals surface area contributed by atoms with Gasteiger partial charge in [0.2, 0.25) is 11.9 Å². The van der Waals surface area contributed by atoms with E-state index < -0.39 is 11.9 Å². The Balaban J connectivity index is 2.04. The Bertz CT molecular complexity index is 784. The van der Waals surface area contributed by atoms with Gasteiger partial charge in [0.1, 0.15) is 0 Å². The maximum atomic E-state index is 11.4. The van der Waals surface area contributed by atoms with Gasteiger partial charge in [-0.05, 0) is 17.2 Å². The van der Waals surface area contributed by atoms with Crippen LogP contribution in [-0.2, 0) is 11.3 Å². The standard InChI is InChI=1S/C15H18N8O2/c16-12(24)8-21-14-19-6-11(7-20-14)10-3-1-2-9(4-10)5-22-15(25)23-13(17)18/h1-4,6-7H,5,8H2,(H2,16,24)(H,19,20,21)(H5,17,18,22,23,25). The number of guanidine groups is 1. The fourth-order valence-corrected chi connectivity index (χ4v) is 1.93. The maximum absolute atomic E-state index is 11.4. The Labute approximate surface area is 143 Å². The number of hydrogen-bond acceptors (Lipinski definition) is 5. The van der Waals surface area contributed by atoms with Crippen molar-refractivity contribution >= 4 is 23.8 Å². The highest BCUT2D eigenvalue weighted by Gasteiger charge is 2.04. The van der Waals surface area contributed by atoms with Gasteiger partial charge in [0, 0.05) is 24.5 Å². The van der Waals surface area contributed by atoms with Gasteiger partial charge in [-0.1, -0.05) is 18.2 Å². The highest BCUT2D eigenvalue weighted by Crippen LogP contribution is 2.19. The molecular weight excluding hydrogens is 324 g/mol. The summed E-state index contributed by atoms with van der Waals surface area (Å²) >= 11 is 0. The van der Waals surface area contributed by atoms with Crippen LogP contribution in [0.5, 0.6) is 0 Å². The van der Waals surface area contributed by atoms with E-state index in [1.165, 1.54) is 0 Å². The molecule has 0 saturated carbocycles. The van der Waals surface area contributed by atoms with Gasteiger partial charge in [0.25, 0.3) is 0 Å². The highest BCUT2D eigenvalue weighted by molar-refractivity contribution is 5.90. The molecule has 0 aliphatic carbocycles. The molecule has 10 nitrogen and oxygen atoms in total. The third-order valence-electron chi connectivity index (χ3n) is 3.01. The molecule has 8 N–H and O–H groups in total. The van der Waals surface area contributed by atoms with Crippen molar-refractivity contribution in [2.75, 3.05) is 11.9 Å². The number of nitrogens with two attached hydrogens (primary N) is 3. The number of rotatable bonds is 6. The van der Waals surface area contributed by atoms with E-state index in [-0.39, 0.29) is 19.0 Å². The van der Waals surface area contributed by atoms with Crippen LogP contribution >= 0.6 is 0 Å². The molecule has 0 aliphatic heterocycles. The Morgan fingerprint density at radius 2 is 1.80 bits per heavy atom. The van der Waals surface area contributed by atoms with Crippen molar-refractivity contribution in [2.45, 2.75) is 6.54 Å². The number of benzene rings is 1. The van der Waals surface area contributed by atoms with Gasteiger partial charge >= 0.3 is 6.03 Å². The predicted octanol–water partition coefficient (Wildman–Crippen LogP) is -0.476. The van der Waals surface area contributed by atoms with Crippen molar-refractivity contribution in [2.24, 2.45) is 22.2 Å². The fraction of sp³-hybridized carbons (Fsp3) is 0.133. The first kappa shape index (κ1) is 17.7. The van der Waals surface area contributed by atoms with E-state index in [1.807, 2.05) is 24.3 Å². The summed E-state index contributed by atoms with van der Waals surface area (Å²) in [5, 5.41) is 5.28. The Kier molecular flexibility index (Phi) is 5.82. The molecule has 1 aromatic carbocycles. The van der Waals surface area contributed by atoms with Crippen LogP contribution in [0.3, 0.4) is 0 Å². The fourth-order valence-electron chi connectivity index (χ4n) is 1.93. The largest absolute Gasteiger partial charge is 0.370 e. The molecule has 0 fully saturated rings. The molecule has 0 saturated heterocycles. The number of hydrogen-bond donors (Lipinski definition) is 5. The smallest absolute Gasteiger partial charge is 0.344 e. The number of nitrogens with one attached hydrogen (secondary N) is 2. The molecule has 1 aromatic heterocycles. The van der Waals surface area contributed by atoms with E-state index in [2.05, 4.69) is 25.6 Å². The average molecular weight is 342 g/mol. The van der Waals surface area contributed by atoms with E-state index in [0.717, 1.165) is 16.7 Å². The number of aliphatic imine (C=N–C) groups is 1. The molecule has 2 aromatic rings. The first-order valence-electron chi connectivity index (χ1n) is 7.25. The number of aromatic nitrogens is 2. The van der Waals surface area contributed by atoms with Gasteiger partial charge in [-0.3, -0.25) is 4.79 Å². The van der Waals surface area contributed by atoms with Gasteiger partial charge in [-0.2, -0.15) is 4.99 Å².